The number of aliphatic hydroxyl groups is 1. The number of nitrogens with two attached hydrogens (primary N) is 1. The van der Waals surface area contributed by atoms with Gasteiger partial charge in [-0.3, -0.25) is 0 Å². The van der Waals surface area contributed by atoms with Crippen LogP contribution in [-0.2, 0) is 6.42 Å². The number of rotatable bonds is 14. The molecule has 148 valence electrons. The van der Waals surface area contributed by atoms with Crippen molar-refractivity contribution in [3.63, 3.8) is 0 Å². The van der Waals surface area contributed by atoms with Gasteiger partial charge >= 0.3 is 0 Å². The van der Waals surface area contributed by atoms with E-state index in [1.54, 1.807) is 0 Å². The number of benzene rings is 1. The Morgan fingerprint density at radius 2 is 1.81 bits per heavy atom. The molecule has 2 rings (SSSR count). The molecule has 1 aliphatic carbocycles. The van der Waals surface area contributed by atoms with Gasteiger partial charge in [0.25, 0.3) is 0 Å². The molecule has 3 nitrogen and oxygen atoms in total. The molecule has 1 unspecified atom stereocenters. The van der Waals surface area contributed by atoms with Gasteiger partial charge in [-0.15, -0.1) is 0 Å². The SMILES string of the molecule is CC(C)CCCCCCOc1ccc(CCC(N)(CO)CC2CC2)cc1. The van der Waals surface area contributed by atoms with Crippen LogP contribution in [0.4, 0.5) is 0 Å². The zero-order valence-corrected chi connectivity index (χ0v) is 16.9. The predicted octanol–water partition coefficient (Wildman–Crippen LogP) is 5.09. The van der Waals surface area contributed by atoms with E-state index in [2.05, 4.69) is 38.1 Å². The van der Waals surface area contributed by atoms with Crippen LogP contribution in [0.3, 0.4) is 0 Å². The van der Waals surface area contributed by atoms with Gasteiger partial charge in [0.2, 0.25) is 0 Å². The number of hydrogen-bond acceptors (Lipinski definition) is 3. The van der Waals surface area contributed by atoms with Gasteiger partial charge in [-0.1, -0.05) is 64.5 Å². The largest absolute Gasteiger partial charge is 0.494 e. The smallest absolute Gasteiger partial charge is 0.119 e. The van der Waals surface area contributed by atoms with Gasteiger partial charge in [0.05, 0.1) is 13.2 Å². The van der Waals surface area contributed by atoms with Crippen molar-refractivity contribution in [2.24, 2.45) is 17.6 Å². The lowest BCUT2D eigenvalue weighted by atomic mass is 9.88. The van der Waals surface area contributed by atoms with Gasteiger partial charge in [-0.05, 0) is 55.2 Å². The topological polar surface area (TPSA) is 55.5 Å². The van der Waals surface area contributed by atoms with Crippen LogP contribution in [0.2, 0.25) is 0 Å². The number of aliphatic hydroxyl groups excluding tert-OH is 1. The van der Waals surface area contributed by atoms with E-state index in [9.17, 15) is 5.11 Å². The summed E-state index contributed by atoms with van der Waals surface area (Å²) in [5.41, 5.74) is 7.23. The first-order chi connectivity index (χ1) is 12.5. The molecule has 0 heterocycles. The van der Waals surface area contributed by atoms with E-state index >= 15 is 0 Å². The fourth-order valence-corrected chi connectivity index (χ4v) is 3.49. The first-order valence-electron chi connectivity index (χ1n) is 10.6. The summed E-state index contributed by atoms with van der Waals surface area (Å²) in [5, 5.41) is 9.64. The molecule has 1 saturated carbocycles. The Hall–Kier alpha value is -1.06. The van der Waals surface area contributed by atoms with Crippen molar-refractivity contribution in [2.75, 3.05) is 13.2 Å². The highest BCUT2D eigenvalue weighted by atomic mass is 16.5. The van der Waals surface area contributed by atoms with Crippen molar-refractivity contribution in [1.82, 2.24) is 0 Å². The summed E-state index contributed by atoms with van der Waals surface area (Å²) >= 11 is 0. The van der Waals surface area contributed by atoms with Crippen molar-refractivity contribution >= 4 is 0 Å². The molecule has 0 amide bonds. The summed E-state index contributed by atoms with van der Waals surface area (Å²) in [6.07, 6.45) is 11.7. The van der Waals surface area contributed by atoms with Gasteiger partial charge in [0, 0.05) is 5.54 Å². The van der Waals surface area contributed by atoms with Gasteiger partial charge in [0.1, 0.15) is 5.75 Å². The van der Waals surface area contributed by atoms with Crippen LogP contribution < -0.4 is 10.5 Å². The van der Waals surface area contributed by atoms with E-state index in [1.165, 1.54) is 44.1 Å². The molecule has 26 heavy (non-hydrogen) atoms. The highest BCUT2D eigenvalue weighted by molar-refractivity contribution is 5.27. The van der Waals surface area contributed by atoms with Crippen LogP contribution in [0.5, 0.6) is 5.75 Å². The predicted molar refractivity (Wildman–Crippen MR) is 110 cm³/mol. The van der Waals surface area contributed by atoms with Crippen molar-refractivity contribution in [1.29, 1.82) is 0 Å². The molecule has 1 aromatic carbocycles. The van der Waals surface area contributed by atoms with E-state index in [4.69, 9.17) is 10.5 Å². The second-order valence-corrected chi connectivity index (χ2v) is 8.76. The van der Waals surface area contributed by atoms with Crippen LogP contribution in [-0.4, -0.2) is 23.9 Å². The van der Waals surface area contributed by atoms with Crippen LogP contribution in [0.15, 0.2) is 24.3 Å². The lowest BCUT2D eigenvalue weighted by Crippen LogP contribution is -2.44. The van der Waals surface area contributed by atoms with Crippen molar-refractivity contribution in [3.8, 4) is 5.75 Å². The normalized spacial score (nSPS) is 16.7. The molecule has 3 heteroatoms. The quantitative estimate of drug-likeness (QED) is 0.454. The average molecular weight is 362 g/mol. The molecule has 1 fully saturated rings. The lowest BCUT2D eigenvalue weighted by Gasteiger charge is -2.27. The number of hydrogen-bond donors (Lipinski definition) is 2. The van der Waals surface area contributed by atoms with Crippen LogP contribution in [0, 0.1) is 11.8 Å². The Labute approximate surface area is 160 Å². The monoisotopic (exact) mass is 361 g/mol. The van der Waals surface area contributed by atoms with Crippen LogP contribution >= 0.6 is 0 Å². The Bertz CT molecular complexity index is 495. The maximum absolute atomic E-state index is 9.64. The summed E-state index contributed by atoms with van der Waals surface area (Å²) in [7, 11) is 0. The Morgan fingerprint density at radius 3 is 2.42 bits per heavy atom. The summed E-state index contributed by atoms with van der Waals surface area (Å²) < 4.78 is 5.85. The fraction of sp³-hybridized carbons (Fsp3) is 0.739. The highest BCUT2D eigenvalue weighted by Gasteiger charge is 2.33. The van der Waals surface area contributed by atoms with E-state index in [-0.39, 0.29) is 6.61 Å². The average Bonchev–Trinajstić information content (AvgIpc) is 3.43. The third-order valence-corrected chi connectivity index (χ3v) is 5.49. The summed E-state index contributed by atoms with van der Waals surface area (Å²) in [5.74, 6) is 2.52. The Morgan fingerprint density at radius 1 is 1.12 bits per heavy atom. The summed E-state index contributed by atoms with van der Waals surface area (Å²) in [4.78, 5) is 0. The lowest BCUT2D eigenvalue weighted by molar-refractivity contribution is 0.172. The number of ether oxygens (including phenoxy) is 1. The Balaban J connectivity index is 1.61. The van der Waals surface area contributed by atoms with Gasteiger partial charge in [0.15, 0.2) is 0 Å². The van der Waals surface area contributed by atoms with Gasteiger partial charge in [-0.2, -0.15) is 0 Å². The van der Waals surface area contributed by atoms with E-state index in [0.717, 1.165) is 49.9 Å². The second kappa shape index (κ2) is 10.9. The summed E-state index contributed by atoms with van der Waals surface area (Å²) in [6, 6.07) is 8.39. The minimum Gasteiger partial charge on any atom is -0.494 e. The molecular weight excluding hydrogens is 322 g/mol. The molecule has 0 saturated heterocycles. The molecule has 1 aliphatic rings. The molecule has 0 radical (unpaired) electrons. The molecule has 1 atom stereocenters. The van der Waals surface area contributed by atoms with Crippen LogP contribution in [0.25, 0.3) is 0 Å². The zero-order valence-electron chi connectivity index (χ0n) is 16.9. The van der Waals surface area contributed by atoms with Crippen molar-refractivity contribution in [2.45, 2.75) is 83.6 Å². The first-order valence-corrected chi connectivity index (χ1v) is 10.6. The fourth-order valence-electron chi connectivity index (χ4n) is 3.49. The standard InChI is InChI=1S/C23H39NO2/c1-19(2)7-5-3-4-6-16-26-22-12-10-20(11-13-22)14-15-23(24,18-25)17-21-8-9-21/h10-13,19,21,25H,3-9,14-18,24H2,1-2H3. The third-order valence-electron chi connectivity index (χ3n) is 5.49. The minimum atomic E-state index is -0.411. The van der Waals surface area contributed by atoms with Gasteiger partial charge < -0.3 is 15.6 Å². The molecule has 3 N–H and O–H groups in total. The molecule has 0 aromatic heterocycles. The Kier molecular flexibility index (Phi) is 8.94. The van der Waals surface area contributed by atoms with E-state index in [0.29, 0.717) is 0 Å². The molecular formula is C23H39NO2. The molecule has 0 spiro atoms. The zero-order chi connectivity index (χ0) is 18.8. The number of aryl methyl sites for hydroxylation is 1. The van der Waals surface area contributed by atoms with E-state index < -0.39 is 5.54 Å². The first kappa shape index (κ1) is 21.2. The molecule has 0 aliphatic heterocycles. The van der Waals surface area contributed by atoms with E-state index in [1.807, 2.05) is 0 Å². The third kappa shape index (κ3) is 8.55. The molecule has 0 bridgehead atoms. The van der Waals surface area contributed by atoms with Crippen molar-refractivity contribution in [3.05, 3.63) is 29.8 Å². The minimum absolute atomic E-state index is 0.0852. The summed E-state index contributed by atoms with van der Waals surface area (Å²) in [6.45, 7) is 5.47. The highest BCUT2D eigenvalue weighted by Crippen LogP contribution is 2.37. The number of unbranched alkanes of at least 4 members (excludes halogenated alkanes) is 3. The van der Waals surface area contributed by atoms with Gasteiger partial charge in [-0.25, -0.2) is 0 Å². The maximum atomic E-state index is 9.64. The van der Waals surface area contributed by atoms with Crippen LogP contribution in [0.1, 0.15) is 77.2 Å². The molecule has 1 aromatic rings. The maximum Gasteiger partial charge on any atom is 0.119 e. The second-order valence-electron chi connectivity index (χ2n) is 8.76. The van der Waals surface area contributed by atoms with Crippen molar-refractivity contribution < 1.29 is 9.84 Å².